The molecule has 0 atom stereocenters. The zero-order chi connectivity index (χ0) is 18.7. The normalized spacial score (nSPS) is 11.7. The minimum Gasteiger partial charge on any atom is -0.267 e. The molecule has 0 unspecified atom stereocenters. The van der Waals surface area contributed by atoms with Crippen LogP contribution >= 0.6 is 15.9 Å². The molecule has 1 heterocycles. The molecule has 134 valence electrons. The van der Waals surface area contributed by atoms with Crippen LogP contribution in [0.15, 0.2) is 56.8 Å². The Hall–Kier alpha value is -2.27. The van der Waals surface area contributed by atoms with Crippen LogP contribution in [0.2, 0.25) is 0 Å². The largest absolute Gasteiger partial charge is 0.282 e. The maximum Gasteiger partial charge on any atom is 0.282 e. The number of halogens is 1. The minimum absolute atomic E-state index is 0.144. The van der Waals surface area contributed by atoms with Gasteiger partial charge in [-0.25, -0.2) is 4.98 Å². The molecule has 0 fully saturated rings. The molecule has 0 aliphatic heterocycles. The van der Waals surface area contributed by atoms with E-state index >= 15 is 0 Å². The van der Waals surface area contributed by atoms with Crippen molar-refractivity contribution in [3.63, 3.8) is 0 Å². The molecule has 0 saturated carbocycles. The number of hydrogen-bond acceptors (Lipinski definition) is 3. The predicted molar refractivity (Wildman–Crippen MR) is 111 cm³/mol. The molecular formula is C21H22BrN3O. The van der Waals surface area contributed by atoms with Crippen molar-refractivity contribution in [3.8, 4) is 0 Å². The van der Waals surface area contributed by atoms with E-state index < -0.39 is 0 Å². The molecule has 3 aromatic rings. The summed E-state index contributed by atoms with van der Waals surface area (Å²) in [4.78, 5) is 17.6. The third kappa shape index (κ3) is 3.93. The SMILES string of the molecule is CCCc1nc2ccc(Br)cc2c(=O)n1N=Cc1ccc(C(C)C)cc1. The second-order valence-electron chi connectivity index (χ2n) is 6.62. The predicted octanol–water partition coefficient (Wildman–Crippen LogP) is 5.12. The topological polar surface area (TPSA) is 47.2 Å². The molecule has 1 aromatic heterocycles. The summed E-state index contributed by atoms with van der Waals surface area (Å²) in [6, 6.07) is 13.8. The van der Waals surface area contributed by atoms with Crippen molar-refractivity contribution in [3.05, 3.63) is 74.2 Å². The summed E-state index contributed by atoms with van der Waals surface area (Å²) in [6.45, 7) is 6.40. The molecule has 3 rings (SSSR count). The molecule has 26 heavy (non-hydrogen) atoms. The molecule has 0 N–H and O–H groups in total. The Morgan fingerprint density at radius 1 is 1.19 bits per heavy atom. The lowest BCUT2D eigenvalue weighted by Gasteiger charge is -2.09. The summed E-state index contributed by atoms with van der Waals surface area (Å²) >= 11 is 3.42. The van der Waals surface area contributed by atoms with Gasteiger partial charge in [0.15, 0.2) is 0 Å². The van der Waals surface area contributed by atoms with Gasteiger partial charge in [-0.3, -0.25) is 4.79 Å². The van der Waals surface area contributed by atoms with Crippen LogP contribution in [0.4, 0.5) is 0 Å². The Kier molecular flexibility index (Phi) is 5.67. The molecule has 0 aliphatic rings. The van der Waals surface area contributed by atoms with Crippen molar-refractivity contribution in [2.75, 3.05) is 0 Å². The van der Waals surface area contributed by atoms with Gasteiger partial charge in [0.2, 0.25) is 0 Å². The third-order valence-electron chi connectivity index (χ3n) is 4.27. The molecule has 2 aromatic carbocycles. The Bertz CT molecular complexity index is 1000. The molecular weight excluding hydrogens is 390 g/mol. The molecule has 0 radical (unpaired) electrons. The zero-order valence-corrected chi connectivity index (χ0v) is 16.8. The smallest absolute Gasteiger partial charge is 0.267 e. The maximum atomic E-state index is 12.9. The Morgan fingerprint density at radius 2 is 1.92 bits per heavy atom. The molecule has 0 spiro atoms. The van der Waals surface area contributed by atoms with Crippen molar-refractivity contribution < 1.29 is 0 Å². The Morgan fingerprint density at radius 3 is 2.58 bits per heavy atom. The van der Waals surface area contributed by atoms with E-state index in [1.54, 1.807) is 12.3 Å². The van der Waals surface area contributed by atoms with E-state index in [0.29, 0.717) is 29.1 Å². The maximum absolute atomic E-state index is 12.9. The van der Waals surface area contributed by atoms with E-state index in [2.05, 4.69) is 58.9 Å². The number of benzene rings is 2. The van der Waals surface area contributed by atoms with Crippen LogP contribution in [0.3, 0.4) is 0 Å². The molecule has 0 saturated heterocycles. The fourth-order valence-electron chi connectivity index (χ4n) is 2.79. The lowest BCUT2D eigenvalue weighted by molar-refractivity contribution is 0.704. The van der Waals surface area contributed by atoms with E-state index in [0.717, 1.165) is 16.5 Å². The first-order chi connectivity index (χ1) is 12.5. The van der Waals surface area contributed by atoms with Gasteiger partial charge in [-0.2, -0.15) is 9.78 Å². The summed E-state index contributed by atoms with van der Waals surface area (Å²) in [7, 11) is 0. The van der Waals surface area contributed by atoms with E-state index in [-0.39, 0.29) is 5.56 Å². The Balaban J connectivity index is 2.06. The van der Waals surface area contributed by atoms with E-state index in [1.165, 1.54) is 10.2 Å². The summed E-state index contributed by atoms with van der Waals surface area (Å²) < 4.78 is 2.28. The highest BCUT2D eigenvalue weighted by Gasteiger charge is 2.10. The van der Waals surface area contributed by atoms with E-state index in [1.807, 2.05) is 24.3 Å². The number of aryl methyl sites for hydroxylation is 1. The summed E-state index contributed by atoms with van der Waals surface area (Å²) in [5.74, 6) is 1.17. The van der Waals surface area contributed by atoms with Crippen LogP contribution in [-0.2, 0) is 6.42 Å². The average Bonchev–Trinajstić information content (AvgIpc) is 2.63. The fourth-order valence-corrected chi connectivity index (χ4v) is 3.15. The minimum atomic E-state index is -0.144. The standard InChI is InChI=1S/C21H22BrN3O/c1-4-5-20-24-19-11-10-17(22)12-18(19)21(26)25(20)23-13-15-6-8-16(9-7-15)14(2)3/h6-14H,4-5H2,1-3H3. The second kappa shape index (κ2) is 7.96. The van der Waals surface area contributed by atoms with Gasteiger partial charge >= 0.3 is 0 Å². The second-order valence-corrected chi connectivity index (χ2v) is 7.54. The van der Waals surface area contributed by atoms with Gasteiger partial charge < -0.3 is 0 Å². The summed E-state index contributed by atoms with van der Waals surface area (Å²) in [6.07, 6.45) is 3.31. The number of fused-ring (bicyclic) bond motifs is 1. The van der Waals surface area contributed by atoms with Crippen LogP contribution < -0.4 is 5.56 Å². The van der Waals surface area contributed by atoms with Crippen LogP contribution in [0.1, 0.15) is 50.1 Å². The van der Waals surface area contributed by atoms with Crippen molar-refractivity contribution >= 4 is 33.0 Å². The van der Waals surface area contributed by atoms with Gasteiger partial charge in [0.1, 0.15) is 5.82 Å². The highest BCUT2D eigenvalue weighted by atomic mass is 79.9. The van der Waals surface area contributed by atoms with Gasteiger partial charge in [-0.15, -0.1) is 0 Å². The first-order valence-electron chi connectivity index (χ1n) is 8.85. The van der Waals surface area contributed by atoms with Crippen LogP contribution in [-0.4, -0.2) is 15.9 Å². The fraction of sp³-hybridized carbons (Fsp3) is 0.286. The van der Waals surface area contributed by atoms with Gasteiger partial charge in [-0.1, -0.05) is 61.0 Å². The van der Waals surface area contributed by atoms with Gasteiger partial charge in [-0.05, 0) is 41.7 Å². The molecule has 5 heteroatoms. The average molecular weight is 412 g/mol. The lowest BCUT2D eigenvalue weighted by atomic mass is 10.0. The molecule has 0 bridgehead atoms. The molecule has 0 aliphatic carbocycles. The Labute approximate surface area is 161 Å². The van der Waals surface area contributed by atoms with Crippen LogP contribution in [0.5, 0.6) is 0 Å². The molecule has 0 amide bonds. The zero-order valence-electron chi connectivity index (χ0n) is 15.2. The number of aromatic nitrogens is 2. The third-order valence-corrected chi connectivity index (χ3v) is 4.77. The first kappa shape index (κ1) is 18.5. The van der Waals surface area contributed by atoms with E-state index in [4.69, 9.17) is 0 Å². The van der Waals surface area contributed by atoms with Crippen molar-refractivity contribution in [1.82, 2.24) is 9.66 Å². The molecule has 4 nitrogen and oxygen atoms in total. The first-order valence-corrected chi connectivity index (χ1v) is 9.64. The summed E-state index contributed by atoms with van der Waals surface area (Å²) in [5, 5.41) is 5.01. The van der Waals surface area contributed by atoms with Crippen LogP contribution in [0.25, 0.3) is 10.9 Å². The number of rotatable bonds is 5. The van der Waals surface area contributed by atoms with Crippen molar-refractivity contribution in [2.45, 2.75) is 39.5 Å². The highest BCUT2D eigenvalue weighted by Crippen LogP contribution is 2.17. The number of hydrogen-bond donors (Lipinski definition) is 0. The van der Waals surface area contributed by atoms with Gasteiger partial charge in [0.25, 0.3) is 5.56 Å². The van der Waals surface area contributed by atoms with Crippen LogP contribution in [0, 0.1) is 0 Å². The number of nitrogens with zero attached hydrogens (tertiary/aromatic N) is 3. The van der Waals surface area contributed by atoms with E-state index in [9.17, 15) is 4.79 Å². The quantitative estimate of drug-likeness (QED) is 0.547. The van der Waals surface area contributed by atoms with Crippen molar-refractivity contribution in [2.24, 2.45) is 5.10 Å². The summed E-state index contributed by atoms with van der Waals surface area (Å²) in [5.41, 5.74) is 2.80. The lowest BCUT2D eigenvalue weighted by Crippen LogP contribution is -2.22. The van der Waals surface area contributed by atoms with Gasteiger partial charge in [0, 0.05) is 10.9 Å². The van der Waals surface area contributed by atoms with Gasteiger partial charge in [0.05, 0.1) is 17.1 Å². The van der Waals surface area contributed by atoms with Crippen molar-refractivity contribution in [1.29, 1.82) is 0 Å². The highest BCUT2D eigenvalue weighted by molar-refractivity contribution is 9.10. The monoisotopic (exact) mass is 411 g/mol.